The van der Waals surface area contributed by atoms with E-state index in [0.29, 0.717) is 18.5 Å². The van der Waals surface area contributed by atoms with Crippen LogP contribution >= 0.6 is 0 Å². The Balaban J connectivity index is 1.21. The summed E-state index contributed by atoms with van der Waals surface area (Å²) >= 11 is 0. The summed E-state index contributed by atoms with van der Waals surface area (Å²) in [5, 5.41) is 15.9. The van der Waals surface area contributed by atoms with Gasteiger partial charge >= 0.3 is 0 Å². The second kappa shape index (κ2) is 9.98. The van der Waals surface area contributed by atoms with Gasteiger partial charge < -0.3 is 19.7 Å². The number of hydrogen-bond donors (Lipinski definition) is 1. The van der Waals surface area contributed by atoms with Crippen molar-refractivity contribution in [3.8, 4) is 0 Å². The Kier molecular flexibility index (Phi) is 5.94. The molecule has 8 rings (SSSR count). The van der Waals surface area contributed by atoms with E-state index in [-0.39, 0.29) is 24.7 Å². The van der Waals surface area contributed by atoms with Crippen LogP contribution in [0.2, 0.25) is 0 Å². The highest BCUT2D eigenvalue weighted by Crippen LogP contribution is 2.53. The molecule has 208 valence electrons. The highest BCUT2D eigenvalue weighted by atomic mass is 16.7. The summed E-state index contributed by atoms with van der Waals surface area (Å²) in [7, 11) is 0. The van der Waals surface area contributed by atoms with Crippen molar-refractivity contribution in [2.75, 3.05) is 18.0 Å². The van der Waals surface area contributed by atoms with E-state index < -0.39 is 0 Å². The molecule has 42 heavy (non-hydrogen) atoms. The number of oxime groups is 1. The monoisotopic (exact) mass is 555 g/mol. The summed E-state index contributed by atoms with van der Waals surface area (Å²) in [6.45, 7) is 1.11. The fraction of sp³-hybridized carbons (Fsp3) is 0.200. The van der Waals surface area contributed by atoms with Gasteiger partial charge in [0.25, 0.3) is 5.91 Å². The highest BCUT2D eigenvalue weighted by molar-refractivity contribution is 6.14. The van der Waals surface area contributed by atoms with Gasteiger partial charge in [-0.2, -0.15) is 0 Å². The van der Waals surface area contributed by atoms with E-state index in [9.17, 15) is 9.90 Å². The molecule has 0 spiro atoms. The molecule has 0 aromatic heterocycles. The molecule has 0 aliphatic carbocycles. The van der Waals surface area contributed by atoms with Crippen molar-refractivity contribution >= 4 is 28.6 Å². The summed E-state index contributed by atoms with van der Waals surface area (Å²) in [6, 6.07) is 32.1. The van der Waals surface area contributed by atoms with E-state index in [1.807, 2.05) is 71.6 Å². The quantitative estimate of drug-likeness (QED) is 0.347. The fourth-order valence-electron chi connectivity index (χ4n) is 6.64. The van der Waals surface area contributed by atoms with Crippen molar-refractivity contribution in [1.82, 2.24) is 5.06 Å². The van der Waals surface area contributed by atoms with Gasteiger partial charge in [0.15, 0.2) is 11.9 Å². The van der Waals surface area contributed by atoms with Crippen LogP contribution in [-0.2, 0) is 22.7 Å². The number of carbonyl (C=O) groups excluding carboxylic acids is 1. The number of rotatable bonds is 4. The van der Waals surface area contributed by atoms with Crippen LogP contribution in [0.3, 0.4) is 0 Å². The van der Waals surface area contributed by atoms with Crippen LogP contribution in [0, 0.1) is 0 Å². The predicted molar refractivity (Wildman–Crippen MR) is 160 cm³/mol. The summed E-state index contributed by atoms with van der Waals surface area (Å²) in [5.74, 6) is 0.657. The van der Waals surface area contributed by atoms with E-state index in [1.165, 1.54) is 11.1 Å². The molecule has 0 radical (unpaired) electrons. The number of hydroxylamine groups is 2. The number of para-hydroxylation sites is 1. The number of anilines is 1. The Morgan fingerprint density at radius 2 is 1.60 bits per heavy atom. The molecule has 0 fully saturated rings. The molecular weight excluding hydrogens is 526 g/mol. The summed E-state index contributed by atoms with van der Waals surface area (Å²) < 4.78 is 0. The molecule has 1 N–H and O–H groups in total. The largest absolute Gasteiger partial charge is 0.404 e. The second-order valence-corrected chi connectivity index (χ2v) is 11.1. The summed E-state index contributed by atoms with van der Waals surface area (Å²) in [4.78, 5) is 28.8. The molecule has 7 heteroatoms. The van der Waals surface area contributed by atoms with Crippen molar-refractivity contribution in [2.45, 2.75) is 31.6 Å². The number of nitrogens with zero attached hydrogens (tertiary/aromatic N) is 3. The van der Waals surface area contributed by atoms with Gasteiger partial charge in [-0.15, -0.1) is 5.06 Å². The lowest BCUT2D eigenvalue weighted by molar-refractivity contribution is -0.0951. The summed E-state index contributed by atoms with van der Waals surface area (Å²) in [6.07, 6.45) is 1.18. The maximum atomic E-state index is 14.4. The number of aliphatic hydroxyl groups is 1. The number of benzene rings is 4. The third-order valence-electron chi connectivity index (χ3n) is 8.69. The normalized spacial score (nSPS) is 20.7. The van der Waals surface area contributed by atoms with Crippen molar-refractivity contribution in [3.05, 3.63) is 136 Å². The van der Waals surface area contributed by atoms with Gasteiger partial charge in [-0.25, -0.2) is 0 Å². The summed E-state index contributed by atoms with van der Waals surface area (Å²) in [5.41, 5.74) is 9.51. The Labute approximate surface area is 243 Å². The maximum Gasteiger partial charge on any atom is 0.259 e. The fourth-order valence-corrected chi connectivity index (χ4v) is 6.64. The maximum absolute atomic E-state index is 14.4. The van der Waals surface area contributed by atoms with Crippen molar-refractivity contribution in [2.24, 2.45) is 5.16 Å². The first-order valence-electron chi connectivity index (χ1n) is 14.4. The van der Waals surface area contributed by atoms with Crippen LogP contribution in [-0.4, -0.2) is 41.0 Å². The predicted octanol–water partition coefficient (Wildman–Crippen LogP) is 5.75. The molecular formula is C35H29N3O4. The second-order valence-electron chi connectivity index (χ2n) is 11.1. The van der Waals surface area contributed by atoms with Gasteiger partial charge in [0.1, 0.15) is 6.04 Å². The van der Waals surface area contributed by atoms with Gasteiger partial charge in [-0.1, -0.05) is 90.1 Å². The van der Waals surface area contributed by atoms with Gasteiger partial charge in [-0.05, 0) is 40.8 Å². The first-order valence-corrected chi connectivity index (χ1v) is 14.4. The van der Waals surface area contributed by atoms with Gasteiger partial charge in [0, 0.05) is 29.7 Å². The zero-order valence-corrected chi connectivity index (χ0v) is 22.9. The zero-order valence-electron chi connectivity index (χ0n) is 22.9. The first kappa shape index (κ1) is 25.0. The Morgan fingerprint density at radius 3 is 2.43 bits per heavy atom. The topological polar surface area (TPSA) is 74.6 Å². The minimum Gasteiger partial charge on any atom is -0.404 e. The lowest BCUT2D eigenvalue weighted by atomic mass is 9.83. The van der Waals surface area contributed by atoms with Crippen molar-refractivity contribution in [3.63, 3.8) is 0 Å². The molecule has 0 bridgehead atoms. The minimum absolute atomic E-state index is 0.00275. The number of aliphatic hydroxyl groups excluding tert-OH is 1. The van der Waals surface area contributed by atoms with Crippen LogP contribution in [0.1, 0.15) is 56.2 Å². The average molecular weight is 556 g/mol. The van der Waals surface area contributed by atoms with E-state index in [1.54, 1.807) is 0 Å². The van der Waals surface area contributed by atoms with Crippen molar-refractivity contribution in [1.29, 1.82) is 0 Å². The third kappa shape index (κ3) is 3.96. The molecule has 2 unspecified atom stereocenters. The molecule has 4 aliphatic heterocycles. The van der Waals surface area contributed by atoms with E-state index in [4.69, 9.17) is 9.68 Å². The molecule has 4 aromatic rings. The SMILES string of the molecule is O=C1c2ccccc2C2=C(c3ccccc3N1CC1CC(c3ccc(CO)cc3)=NO1)C1c3ccccc3CCN1O2. The third-order valence-corrected chi connectivity index (χ3v) is 8.69. The van der Waals surface area contributed by atoms with Crippen LogP contribution in [0.4, 0.5) is 5.69 Å². The van der Waals surface area contributed by atoms with Crippen LogP contribution < -0.4 is 4.90 Å². The molecule has 4 aliphatic rings. The molecule has 4 heterocycles. The number of carbonyl (C=O) groups is 1. The molecule has 0 saturated carbocycles. The van der Waals surface area contributed by atoms with E-state index >= 15 is 0 Å². The lowest BCUT2D eigenvalue weighted by Crippen LogP contribution is -2.39. The van der Waals surface area contributed by atoms with Gasteiger partial charge in [-0.3, -0.25) is 4.79 Å². The van der Waals surface area contributed by atoms with Gasteiger partial charge in [0.05, 0.1) is 30.1 Å². The molecule has 4 aromatic carbocycles. The lowest BCUT2D eigenvalue weighted by Gasteiger charge is -2.33. The van der Waals surface area contributed by atoms with E-state index in [2.05, 4.69) is 40.6 Å². The molecule has 2 atom stereocenters. The smallest absolute Gasteiger partial charge is 0.259 e. The Bertz CT molecular complexity index is 1780. The standard InChI is InChI=1S/C35H29N3O4/c39-21-22-13-15-24(16-14-22)30-19-25(41-36-30)20-37-31-12-6-5-11-29(31)32-33-26-8-2-1-7-23(26)17-18-38(33)42-34(32)27-9-3-4-10-28(27)35(37)40/h1-16,25,33,39H,17-21H2. The van der Waals surface area contributed by atoms with Gasteiger partial charge in [0.2, 0.25) is 0 Å². The number of hydrogen-bond acceptors (Lipinski definition) is 6. The Morgan fingerprint density at radius 1 is 0.857 bits per heavy atom. The number of fused-ring (bicyclic) bond motifs is 8. The highest BCUT2D eigenvalue weighted by Gasteiger charge is 2.44. The van der Waals surface area contributed by atoms with Crippen LogP contribution in [0.25, 0.3) is 11.3 Å². The van der Waals surface area contributed by atoms with Crippen LogP contribution in [0.5, 0.6) is 0 Å². The first-order chi connectivity index (χ1) is 20.7. The Hall–Kier alpha value is -4.72. The van der Waals surface area contributed by atoms with Crippen LogP contribution in [0.15, 0.2) is 102 Å². The molecule has 1 amide bonds. The minimum atomic E-state index is -0.304. The molecule has 0 saturated heterocycles. The number of amides is 1. The zero-order chi connectivity index (χ0) is 28.2. The van der Waals surface area contributed by atoms with Crippen molar-refractivity contribution < 1.29 is 19.6 Å². The average Bonchev–Trinajstić information content (AvgIpc) is 3.68. The van der Waals surface area contributed by atoms with E-state index in [0.717, 1.165) is 58.0 Å². The molecule has 7 nitrogen and oxygen atoms in total.